The second kappa shape index (κ2) is 8.11. The Hall–Kier alpha value is -3.42. The first-order valence-electron chi connectivity index (χ1n) is 7.81. The van der Waals surface area contributed by atoms with Crippen molar-refractivity contribution < 1.29 is 19.2 Å². The number of carbonyl (C=O) groups excluding carboxylic acids is 2. The van der Waals surface area contributed by atoms with Gasteiger partial charge in [0.2, 0.25) is 0 Å². The lowest BCUT2D eigenvalue weighted by atomic mass is 10.1. The average molecular weight is 357 g/mol. The van der Waals surface area contributed by atoms with E-state index in [1.54, 1.807) is 19.1 Å². The first kappa shape index (κ1) is 18.9. The van der Waals surface area contributed by atoms with Crippen LogP contribution in [0.4, 0.5) is 5.69 Å². The number of rotatable bonds is 5. The minimum Gasteiger partial charge on any atom is -0.484 e. The lowest BCUT2D eigenvalue weighted by Gasteiger charge is -2.10. The summed E-state index contributed by atoms with van der Waals surface area (Å²) in [7, 11) is 0. The van der Waals surface area contributed by atoms with Gasteiger partial charge in [0.15, 0.2) is 6.61 Å². The van der Waals surface area contributed by atoms with Gasteiger partial charge >= 0.3 is 0 Å². The average Bonchev–Trinajstić information content (AvgIpc) is 2.57. The van der Waals surface area contributed by atoms with Gasteiger partial charge < -0.3 is 4.74 Å². The van der Waals surface area contributed by atoms with Crippen LogP contribution in [0.2, 0.25) is 0 Å². The Morgan fingerprint density at radius 1 is 1.04 bits per heavy atom. The molecule has 0 saturated heterocycles. The Balaban J connectivity index is 1.89. The van der Waals surface area contributed by atoms with Gasteiger partial charge in [-0.3, -0.25) is 30.6 Å². The SMILES string of the molecule is Cc1cc(C)cc(OCC(=O)NNC(=O)c2ccc(C)c([N+](=O)[O-])c2)c1. The maximum atomic E-state index is 12.0. The third-order valence-electron chi connectivity index (χ3n) is 3.55. The summed E-state index contributed by atoms with van der Waals surface area (Å²) in [6, 6.07) is 9.64. The Labute approximate surface area is 150 Å². The number of nitro benzene ring substituents is 1. The van der Waals surface area contributed by atoms with Crippen molar-refractivity contribution in [2.45, 2.75) is 20.8 Å². The van der Waals surface area contributed by atoms with Crippen LogP contribution in [0.25, 0.3) is 0 Å². The number of benzene rings is 2. The Kier molecular flexibility index (Phi) is 5.90. The number of carbonyl (C=O) groups is 2. The number of hydrogen-bond acceptors (Lipinski definition) is 5. The van der Waals surface area contributed by atoms with Gasteiger partial charge in [-0.2, -0.15) is 0 Å². The third-order valence-corrected chi connectivity index (χ3v) is 3.55. The van der Waals surface area contributed by atoms with Gasteiger partial charge in [0.25, 0.3) is 17.5 Å². The molecule has 2 rings (SSSR count). The predicted molar refractivity (Wildman–Crippen MR) is 94.9 cm³/mol. The van der Waals surface area contributed by atoms with Crippen LogP contribution < -0.4 is 15.6 Å². The van der Waals surface area contributed by atoms with Gasteiger partial charge in [-0.1, -0.05) is 12.1 Å². The molecule has 0 aliphatic rings. The third kappa shape index (κ3) is 5.04. The maximum Gasteiger partial charge on any atom is 0.276 e. The summed E-state index contributed by atoms with van der Waals surface area (Å²) in [5.74, 6) is -0.662. The Morgan fingerprint density at radius 2 is 1.69 bits per heavy atom. The molecular formula is C18H19N3O5. The van der Waals surface area contributed by atoms with Crippen LogP contribution in [0, 0.1) is 30.9 Å². The molecule has 0 unspecified atom stereocenters. The van der Waals surface area contributed by atoms with Crippen LogP contribution in [0.15, 0.2) is 36.4 Å². The normalized spacial score (nSPS) is 10.1. The van der Waals surface area contributed by atoms with E-state index in [1.807, 2.05) is 19.9 Å². The number of aryl methyl sites for hydroxylation is 3. The number of nitrogens with zero attached hydrogens (tertiary/aromatic N) is 1. The summed E-state index contributed by atoms with van der Waals surface area (Å²) in [5.41, 5.74) is 6.78. The van der Waals surface area contributed by atoms with Crippen LogP contribution in [-0.4, -0.2) is 23.3 Å². The van der Waals surface area contributed by atoms with Gasteiger partial charge in [0.1, 0.15) is 5.75 Å². The fourth-order valence-corrected chi connectivity index (χ4v) is 2.35. The molecule has 0 fully saturated rings. The van der Waals surface area contributed by atoms with Crippen LogP contribution in [0.3, 0.4) is 0 Å². The largest absolute Gasteiger partial charge is 0.484 e. The van der Waals surface area contributed by atoms with E-state index in [0.29, 0.717) is 11.3 Å². The predicted octanol–water partition coefficient (Wildman–Crippen LogP) is 2.36. The summed E-state index contributed by atoms with van der Waals surface area (Å²) in [4.78, 5) is 34.2. The van der Waals surface area contributed by atoms with Gasteiger partial charge in [0, 0.05) is 17.2 Å². The first-order valence-corrected chi connectivity index (χ1v) is 7.81. The lowest BCUT2D eigenvalue weighted by molar-refractivity contribution is -0.385. The van der Waals surface area contributed by atoms with E-state index in [2.05, 4.69) is 10.9 Å². The van der Waals surface area contributed by atoms with E-state index in [1.165, 1.54) is 12.1 Å². The van der Waals surface area contributed by atoms with E-state index in [-0.39, 0.29) is 17.9 Å². The molecule has 2 amide bonds. The highest BCUT2D eigenvalue weighted by Gasteiger charge is 2.15. The molecule has 0 radical (unpaired) electrons. The molecule has 8 heteroatoms. The van der Waals surface area contributed by atoms with E-state index < -0.39 is 16.7 Å². The highest BCUT2D eigenvalue weighted by atomic mass is 16.6. The number of nitro groups is 1. The van der Waals surface area contributed by atoms with E-state index in [0.717, 1.165) is 17.2 Å². The highest BCUT2D eigenvalue weighted by Crippen LogP contribution is 2.19. The van der Waals surface area contributed by atoms with Crippen molar-refractivity contribution in [3.8, 4) is 5.75 Å². The molecule has 2 aromatic rings. The van der Waals surface area contributed by atoms with Crippen molar-refractivity contribution >= 4 is 17.5 Å². The van der Waals surface area contributed by atoms with E-state index in [4.69, 9.17) is 4.74 Å². The molecule has 8 nitrogen and oxygen atoms in total. The highest BCUT2D eigenvalue weighted by molar-refractivity contribution is 5.96. The van der Waals surface area contributed by atoms with Crippen LogP contribution in [-0.2, 0) is 4.79 Å². The smallest absolute Gasteiger partial charge is 0.276 e. The van der Waals surface area contributed by atoms with Crippen LogP contribution in [0.1, 0.15) is 27.0 Å². The molecule has 0 saturated carbocycles. The van der Waals surface area contributed by atoms with E-state index in [9.17, 15) is 19.7 Å². The molecule has 0 aliphatic carbocycles. The second-order valence-electron chi connectivity index (χ2n) is 5.87. The molecule has 0 aromatic heterocycles. The molecule has 0 spiro atoms. The molecule has 0 aliphatic heterocycles. The molecule has 0 heterocycles. The van der Waals surface area contributed by atoms with Gasteiger partial charge in [-0.15, -0.1) is 0 Å². The van der Waals surface area contributed by atoms with Crippen molar-refractivity contribution in [3.63, 3.8) is 0 Å². The van der Waals surface area contributed by atoms with Gasteiger partial charge in [-0.05, 0) is 50.1 Å². The van der Waals surface area contributed by atoms with Crippen molar-refractivity contribution in [3.05, 3.63) is 68.8 Å². The zero-order chi connectivity index (χ0) is 19.3. The number of hydrazine groups is 1. The molecule has 2 N–H and O–H groups in total. The van der Waals surface area contributed by atoms with Crippen molar-refractivity contribution in [2.75, 3.05) is 6.61 Å². The lowest BCUT2D eigenvalue weighted by Crippen LogP contribution is -2.43. The summed E-state index contributed by atoms with van der Waals surface area (Å²) in [6.45, 7) is 5.13. The number of amides is 2. The second-order valence-corrected chi connectivity index (χ2v) is 5.87. The molecule has 26 heavy (non-hydrogen) atoms. The fourth-order valence-electron chi connectivity index (χ4n) is 2.35. The van der Waals surface area contributed by atoms with Crippen LogP contribution >= 0.6 is 0 Å². The minimum absolute atomic E-state index is 0.0674. The number of hydrogen-bond donors (Lipinski definition) is 2. The summed E-state index contributed by atoms with van der Waals surface area (Å²) >= 11 is 0. The monoisotopic (exact) mass is 357 g/mol. The first-order chi connectivity index (χ1) is 12.3. The van der Waals surface area contributed by atoms with Crippen molar-refractivity contribution in [1.82, 2.24) is 10.9 Å². The maximum absolute atomic E-state index is 12.0. The van der Waals surface area contributed by atoms with Crippen molar-refractivity contribution in [1.29, 1.82) is 0 Å². The van der Waals surface area contributed by atoms with Crippen molar-refractivity contribution in [2.24, 2.45) is 0 Å². The summed E-state index contributed by atoms with van der Waals surface area (Å²) < 4.78 is 5.38. The quantitative estimate of drug-likeness (QED) is 0.630. The molecule has 2 aromatic carbocycles. The fraction of sp³-hybridized carbons (Fsp3) is 0.222. The number of nitrogens with one attached hydrogen (secondary N) is 2. The van der Waals surface area contributed by atoms with E-state index >= 15 is 0 Å². The Morgan fingerprint density at radius 3 is 2.31 bits per heavy atom. The van der Waals surface area contributed by atoms with Gasteiger partial charge in [-0.25, -0.2) is 0 Å². The summed E-state index contributed by atoms with van der Waals surface area (Å²) in [6.07, 6.45) is 0. The standard InChI is InChI=1S/C18H19N3O5/c1-11-6-12(2)8-15(7-11)26-10-17(22)19-20-18(23)14-5-4-13(3)16(9-14)21(24)25/h4-9H,10H2,1-3H3,(H,19,22)(H,20,23). The molecule has 0 bridgehead atoms. The van der Waals surface area contributed by atoms with Gasteiger partial charge in [0.05, 0.1) is 4.92 Å². The summed E-state index contributed by atoms with van der Waals surface area (Å²) in [5, 5.41) is 10.9. The zero-order valence-corrected chi connectivity index (χ0v) is 14.7. The number of ether oxygens (including phenoxy) is 1. The molecule has 136 valence electrons. The zero-order valence-electron chi connectivity index (χ0n) is 14.7. The molecular weight excluding hydrogens is 338 g/mol. The Bertz CT molecular complexity index is 844. The molecule has 0 atom stereocenters. The minimum atomic E-state index is -0.659. The topological polar surface area (TPSA) is 111 Å². The van der Waals surface area contributed by atoms with Crippen LogP contribution in [0.5, 0.6) is 5.75 Å².